The zero-order chi connectivity index (χ0) is 13.2. The molecule has 0 radical (unpaired) electrons. The molecule has 19 heavy (non-hydrogen) atoms. The largest absolute Gasteiger partial charge is 0.373 e. The van der Waals surface area contributed by atoms with Gasteiger partial charge in [0.15, 0.2) is 0 Å². The molecule has 0 spiro atoms. The van der Waals surface area contributed by atoms with E-state index >= 15 is 0 Å². The fraction of sp³-hybridized carbons (Fsp3) is 0.714. The van der Waals surface area contributed by atoms with E-state index < -0.39 is 0 Å². The van der Waals surface area contributed by atoms with Gasteiger partial charge >= 0.3 is 0 Å². The molecule has 1 aromatic heterocycles. The van der Waals surface area contributed by atoms with Gasteiger partial charge in [-0.2, -0.15) is 11.8 Å². The number of rotatable bonds is 3. The topological polar surface area (TPSA) is 37.8 Å². The Hall–Kier alpha value is -0.420. The molecule has 2 heterocycles. The van der Waals surface area contributed by atoms with Crippen LogP contribution in [-0.2, 0) is 12.8 Å². The van der Waals surface area contributed by atoms with Crippen LogP contribution in [0.2, 0.25) is 0 Å². The number of thioether (sulfide) groups is 2. The third kappa shape index (κ3) is 2.59. The van der Waals surface area contributed by atoms with Crippen molar-refractivity contribution in [2.24, 2.45) is 0 Å². The van der Waals surface area contributed by atoms with E-state index in [1.165, 1.54) is 35.6 Å². The SMILES string of the molecule is CCC1SCCSC1c1nc2c(c(NC)n1)CCC2. The lowest BCUT2D eigenvalue weighted by Gasteiger charge is -2.29. The predicted octanol–water partition coefficient (Wildman–Crippen LogP) is 3.31. The molecule has 1 aliphatic carbocycles. The Labute approximate surface area is 123 Å². The molecule has 1 N–H and O–H groups in total. The molecule has 0 amide bonds. The van der Waals surface area contributed by atoms with Crippen molar-refractivity contribution in [3.05, 3.63) is 17.1 Å². The highest BCUT2D eigenvalue weighted by molar-refractivity contribution is 8.06. The lowest BCUT2D eigenvalue weighted by atomic mass is 10.2. The molecule has 1 aromatic rings. The molecule has 2 aliphatic rings. The first-order chi connectivity index (χ1) is 9.33. The minimum atomic E-state index is 0.474. The molecular formula is C14H21N3S2. The zero-order valence-electron chi connectivity index (χ0n) is 11.6. The Balaban J connectivity index is 1.95. The average molecular weight is 295 g/mol. The Morgan fingerprint density at radius 1 is 1.21 bits per heavy atom. The van der Waals surface area contributed by atoms with Gasteiger partial charge in [-0.3, -0.25) is 0 Å². The van der Waals surface area contributed by atoms with Crippen LogP contribution in [0, 0.1) is 0 Å². The Morgan fingerprint density at radius 3 is 2.84 bits per heavy atom. The fourth-order valence-electron chi connectivity index (χ4n) is 2.93. The smallest absolute Gasteiger partial charge is 0.145 e. The second kappa shape index (κ2) is 5.92. The third-order valence-electron chi connectivity index (χ3n) is 3.89. The second-order valence-electron chi connectivity index (χ2n) is 5.07. The van der Waals surface area contributed by atoms with E-state index in [9.17, 15) is 0 Å². The first kappa shape index (κ1) is 13.6. The van der Waals surface area contributed by atoms with Gasteiger partial charge in [-0.15, -0.1) is 11.8 Å². The van der Waals surface area contributed by atoms with E-state index in [1.807, 2.05) is 18.8 Å². The summed E-state index contributed by atoms with van der Waals surface area (Å²) in [5, 5.41) is 4.42. The number of hydrogen-bond acceptors (Lipinski definition) is 5. The van der Waals surface area contributed by atoms with Crippen LogP contribution in [0.25, 0.3) is 0 Å². The summed E-state index contributed by atoms with van der Waals surface area (Å²) in [7, 11) is 1.98. The molecule has 1 aliphatic heterocycles. The van der Waals surface area contributed by atoms with E-state index in [0.29, 0.717) is 10.5 Å². The highest BCUT2D eigenvalue weighted by atomic mass is 32.2. The molecule has 1 fully saturated rings. The van der Waals surface area contributed by atoms with Crippen LogP contribution in [0.15, 0.2) is 0 Å². The van der Waals surface area contributed by atoms with E-state index in [0.717, 1.165) is 24.5 Å². The Bertz CT molecular complexity index is 464. The molecule has 1 saturated heterocycles. The van der Waals surface area contributed by atoms with Crippen molar-refractivity contribution < 1.29 is 0 Å². The van der Waals surface area contributed by atoms with Gasteiger partial charge in [-0.25, -0.2) is 9.97 Å². The standard InChI is InChI=1S/C14H21N3S2/c1-3-11-12(19-8-7-18-11)14-16-10-6-4-5-9(10)13(15-2)17-14/h11-12H,3-8H2,1-2H3,(H,15,16,17). The van der Waals surface area contributed by atoms with Gasteiger partial charge in [-0.1, -0.05) is 6.92 Å². The molecule has 2 unspecified atom stereocenters. The minimum absolute atomic E-state index is 0.474. The van der Waals surface area contributed by atoms with Crippen LogP contribution in [-0.4, -0.2) is 33.8 Å². The number of hydrogen-bond donors (Lipinski definition) is 1. The van der Waals surface area contributed by atoms with Crippen molar-refractivity contribution in [3.63, 3.8) is 0 Å². The number of nitrogens with zero attached hydrogens (tertiary/aromatic N) is 2. The van der Waals surface area contributed by atoms with Gasteiger partial charge in [0, 0.05) is 35.1 Å². The zero-order valence-corrected chi connectivity index (χ0v) is 13.2. The van der Waals surface area contributed by atoms with Gasteiger partial charge in [0.1, 0.15) is 11.6 Å². The van der Waals surface area contributed by atoms with Crippen LogP contribution in [0.5, 0.6) is 0 Å². The molecule has 5 heteroatoms. The van der Waals surface area contributed by atoms with E-state index in [1.54, 1.807) is 0 Å². The predicted molar refractivity (Wildman–Crippen MR) is 85.3 cm³/mol. The Kier molecular flexibility index (Phi) is 4.22. The lowest BCUT2D eigenvalue weighted by molar-refractivity contribution is 0.743. The summed E-state index contributed by atoms with van der Waals surface area (Å²) < 4.78 is 0. The van der Waals surface area contributed by atoms with Gasteiger partial charge in [-0.05, 0) is 25.7 Å². The lowest BCUT2D eigenvalue weighted by Crippen LogP contribution is -2.21. The molecular weight excluding hydrogens is 274 g/mol. The molecule has 104 valence electrons. The first-order valence-electron chi connectivity index (χ1n) is 7.14. The molecule has 0 bridgehead atoms. The highest BCUT2D eigenvalue weighted by Gasteiger charge is 2.30. The van der Waals surface area contributed by atoms with E-state index in [2.05, 4.69) is 24.0 Å². The van der Waals surface area contributed by atoms with Crippen LogP contribution >= 0.6 is 23.5 Å². The highest BCUT2D eigenvalue weighted by Crippen LogP contribution is 2.43. The maximum atomic E-state index is 4.90. The number of nitrogens with one attached hydrogen (secondary N) is 1. The summed E-state index contributed by atoms with van der Waals surface area (Å²) in [5.41, 5.74) is 2.65. The summed E-state index contributed by atoms with van der Waals surface area (Å²) in [6.45, 7) is 2.28. The number of aromatic nitrogens is 2. The van der Waals surface area contributed by atoms with Crippen LogP contribution in [0.4, 0.5) is 5.82 Å². The van der Waals surface area contributed by atoms with Crippen molar-refractivity contribution in [2.45, 2.75) is 43.1 Å². The average Bonchev–Trinajstić information content (AvgIpc) is 2.94. The summed E-state index contributed by atoms with van der Waals surface area (Å²) in [6.07, 6.45) is 4.69. The quantitative estimate of drug-likeness (QED) is 0.926. The van der Waals surface area contributed by atoms with Gasteiger partial charge in [0.25, 0.3) is 0 Å². The monoisotopic (exact) mass is 295 g/mol. The van der Waals surface area contributed by atoms with Crippen molar-refractivity contribution in [1.82, 2.24) is 9.97 Å². The van der Waals surface area contributed by atoms with Crippen LogP contribution < -0.4 is 5.32 Å². The molecule has 3 rings (SSSR count). The summed E-state index contributed by atoms with van der Waals surface area (Å²) >= 11 is 4.13. The van der Waals surface area contributed by atoms with E-state index in [4.69, 9.17) is 9.97 Å². The summed E-state index contributed by atoms with van der Waals surface area (Å²) in [6, 6.07) is 0. The van der Waals surface area contributed by atoms with Crippen LogP contribution in [0.1, 0.15) is 42.1 Å². The minimum Gasteiger partial charge on any atom is -0.373 e. The van der Waals surface area contributed by atoms with Crippen molar-refractivity contribution >= 4 is 29.3 Å². The van der Waals surface area contributed by atoms with Gasteiger partial charge in [0.05, 0.1) is 5.25 Å². The number of fused-ring (bicyclic) bond motifs is 1. The van der Waals surface area contributed by atoms with Crippen molar-refractivity contribution in [3.8, 4) is 0 Å². The fourth-order valence-corrected chi connectivity index (χ4v) is 5.92. The van der Waals surface area contributed by atoms with Crippen molar-refractivity contribution in [1.29, 1.82) is 0 Å². The van der Waals surface area contributed by atoms with Gasteiger partial charge < -0.3 is 5.32 Å². The summed E-state index contributed by atoms with van der Waals surface area (Å²) in [4.78, 5) is 9.73. The molecule has 0 saturated carbocycles. The van der Waals surface area contributed by atoms with Crippen molar-refractivity contribution in [2.75, 3.05) is 23.9 Å². The van der Waals surface area contributed by atoms with Gasteiger partial charge in [0.2, 0.25) is 0 Å². The Morgan fingerprint density at radius 2 is 2.05 bits per heavy atom. The third-order valence-corrected chi connectivity index (χ3v) is 7.14. The molecule has 0 aromatic carbocycles. The molecule has 2 atom stereocenters. The molecule has 3 nitrogen and oxygen atoms in total. The van der Waals surface area contributed by atoms with Crippen LogP contribution in [0.3, 0.4) is 0 Å². The normalized spacial score (nSPS) is 26.2. The maximum absolute atomic E-state index is 4.90. The summed E-state index contributed by atoms with van der Waals surface area (Å²) in [5.74, 6) is 4.63. The number of aryl methyl sites for hydroxylation is 1. The maximum Gasteiger partial charge on any atom is 0.145 e. The first-order valence-corrected chi connectivity index (χ1v) is 9.24. The second-order valence-corrected chi connectivity index (χ2v) is 7.66. The number of anilines is 1. The van der Waals surface area contributed by atoms with E-state index in [-0.39, 0.29) is 0 Å².